The van der Waals surface area contributed by atoms with Gasteiger partial charge in [0.1, 0.15) is 17.3 Å². The van der Waals surface area contributed by atoms with Crippen molar-refractivity contribution in [2.45, 2.75) is 0 Å². The lowest BCUT2D eigenvalue weighted by atomic mass is 10.2. The average molecular weight is 402 g/mol. The molecule has 128 valence electrons. The molecule has 0 bridgehead atoms. The van der Waals surface area contributed by atoms with Gasteiger partial charge in [0.2, 0.25) is 0 Å². The van der Waals surface area contributed by atoms with Crippen LogP contribution in [0.3, 0.4) is 0 Å². The van der Waals surface area contributed by atoms with Gasteiger partial charge in [0.25, 0.3) is 0 Å². The Labute approximate surface area is 154 Å². The molecule has 0 heterocycles. The minimum absolute atomic E-state index is 0.319. The van der Waals surface area contributed by atoms with Gasteiger partial charge in [-0.05, 0) is 66.7 Å². The summed E-state index contributed by atoms with van der Waals surface area (Å²) in [5.41, 5.74) is 2.11. The molecule has 0 atom stereocenters. The van der Waals surface area contributed by atoms with E-state index in [0.29, 0.717) is 10.2 Å². The number of nitrogens with zero attached hydrogens (tertiary/aromatic N) is 1. The third-order valence-electron chi connectivity index (χ3n) is 3.81. The molecule has 0 aliphatic carbocycles. The Morgan fingerprint density at radius 1 is 0.760 bits per heavy atom. The van der Waals surface area contributed by atoms with Gasteiger partial charge in [-0.2, -0.15) is 0 Å². The molecule has 25 heavy (non-hydrogen) atoms. The molecule has 0 unspecified atom stereocenters. The van der Waals surface area contributed by atoms with E-state index in [2.05, 4.69) is 15.9 Å². The fraction of sp³-hybridized carbons (Fsp3) is 0.100. The third kappa shape index (κ3) is 3.77. The van der Waals surface area contributed by atoms with Crippen molar-refractivity contribution >= 4 is 33.0 Å². The summed E-state index contributed by atoms with van der Waals surface area (Å²) < 4.78 is 25.8. The van der Waals surface area contributed by atoms with Gasteiger partial charge in [-0.25, -0.2) is 4.39 Å². The highest BCUT2D eigenvalue weighted by atomic mass is 79.9. The molecule has 0 aliphatic rings. The first kappa shape index (κ1) is 17.3. The Morgan fingerprint density at radius 2 is 1.24 bits per heavy atom. The second-order valence-corrected chi connectivity index (χ2v) is 6.24. The maximum absolute atomic E-state index is 14.6. The van der Waals surface area contributed by atoms with Crippen molar-refractivity contribution < 1.29 is 13.9 Å². The van der Waals surface area contributed by atoms with Crippen LogP contribution in [-0.2, 0) is 0 Å². The summed E-state index contributed by atoms with van der Waals surface area (Å²) in [6.45, 7) is 0. The van der Waals surface area contributed by atoms with E-state index < -0.39 is 0 Å². The lowest BCUT2D eigenvalue weighted by Crippen LogP contribution is -2.11. The third-order valence-corrected chi connectivity index (χ3v) is 4.31. The highest BCUT2D eigenvalue weighted by Crippen LogP contribution is 2.38. The van der Waals surface area contributed by atoms with Gasteiger partial charge < -0.3 is 14.4 Å². The fourth-order valence-corrected chi connectivity index (χ4v) is 2.89. The van der Waals surface area contributed by atoms with Gasteiger partial charge in [-0.15, -0.1) is 0 Å². The van der Waals surface area contributed by atoms with Crippen molar-refractivity contribution in [3.63, 3.8) is 0 Å². The first-order chi connectivity index (χ1) is 12.1. The molecule has 3 rings (SSSR count). The molecular weight excluding hydrogens is 385 g/mol. The Balaban J connectivity index is 2.12. The molecule has 0 saturated heterocycles. The number of ether oxygens (including phenoxy) is 2. The van der Waals surface area contributed by atoms with E-state index in [9.17, 15) is 4.39 Å². The Bertz CT molecular complexity index is 803. The minimum atomic E-state index is -0.319. The number of benzene rings is 3. The monoisotopic (exact) mass is 401 g/mol. The van der Waals surface area contributed by atoms with Crippen LogP contribution in [0.25, 0.3) is 0 Å². The lowest BCUT2D eigenvalue weighted by Gasteiger charge is -2.26. The van der Waals surface area contributed by atoms with E-state index in [4.69, 9.17) is 9.47 Å². The normalized spacial score (nSPS) is 10.4. The van der Waals surface area contributed by atoms with Crippen LogP contribution in [-0.4, -0.2) is 14.2 Å². The second-order valence-electron chi connectivity index (χ2n) is 5.33. The van der Waals surface area contributed by atoms with Crippen LogP contribution in [0.2, 0.25) is 0 Å². The molecule has 3 aromatic rings. The van der Waals surface area contributed by atoms with Crippen LogP contribution in [0.1, 0.15) is 0 Å². The van der Waals surface area contributed by atoms with Gasteiger partial charge in [-0.3, -0.25) is 0 Å². The minimum Gasteiger partial charge on any atom is -0.497 e. The summed E-state index contributed by atoms with van der Waals surface area (Å²) in [7, 11) is 3.23. The van der Waals surface area contributed by atoms with Crippen molar-refractivity contribution in [1.82, 2.24) is 0 Å². The number of rotatable bonds is 5. The molecule has 3 nitrogen and oxygen atoms in total. The summed E-state index contributed by atoms with van der Waals surface area (Å²) in [6.07, 6.45) is 0. The van der Waals surface area contributed by atoms with Crippen LogP contribution in [0, 0.1) is 5.82 Å². The number of anilines is 3. The lowest BCUT2D eigenvalue weighted by molar-refractivity contribution is 0.415. The molecule has 0 fully saturated rings. The second kappa shape index (κ2) is 7.57. The van der Waals surface area contributed by atoms with Gasteiger partial charge >= 0.3 is 0 Å². The van der Waals surface area contributed by atoms with Gasteiger partial charge in [0, 0.05) is 15.8 Å². The quantitative estimate of drug-likeness (QED) is 0.517. The van der Waals surface area contributed by atoms with Crippen LogP contribution in [0.5, 0.6) is 11.5 Å². The highest BCUT2D eigenvalue weighted by molar-refractivity contribution is 9.10. The molecule has 3 aromatic carbocycles. The van der Waals surface area contributed by atoms with Crippen LogP contribution >= 0.6 is 15.9 Å². The van der Waals surface area contributed by atoms with Crippen molar-refractivity contribution in [3.05, 3.63) is 77.0 Å². The molecule has 0 amide bonds. The molecule has 5 heteroatoms. The van der Waals surface area contributed by atoms with Crippen LogP contribution < -0.4 is 14.4 Å². The molecule has 0 spiro atoms. The zero-order valence-corrected chi connectivity index (χ0v) is 15.5. The SMILES string of the molecule is COc1ccc(N(c2ccc(OC)cc2)c2ccc(Br)cc2F)cc1. The zero-order chi connectivity index (χ0) is 17.8. The standard InChI is InChI=1S/C20H17BrFNO2/c1-24-17-8-4-15(5-9-17)23(16-6-10-18(25-2)11-7-16)20-12-3-14(21)13-19(20)22/h3-13H,1-2H3. The van der Waals surface area contributed by atoms with E-state index in [1.165, 1.54) is 6.07 Å². The Kier molecular flexibility index (Phi) is 5.24. The summed E-state index contributed by atoms with van der Waals surface area (Å²) in [5.74, 6) is 1.17. The average Bonchev–Trinajstić information content (AvgIpc) is 2.65. The van der Waals surface area contributed by atoms with Gasteiger partial charge in [0.05, 0.1) is 19.9 Å². The summed E-state index contributed by atoms with van der Waals surface area (Å²) in [5, 5.41) is 0. The van der Waals surface area contributed by atoms with E-state index in [0.717, 1.165) is 22.9 Å². The number of hydrogen-bond donors (Lipinski definition) is 0. The predicted molar refractivity (Wildman–Crippen MR) is 102 cm³/mol. The van der Waals surface area contributed by atoms with Gasteiger partial charge in [-0.1, -0.05) is 15.9 Å². The van der Waals surface area contributed by atoms with Crippen molar-refractivity contribution in [2.24, 2.45) is 0 Å². The first-order valence-electron chi connectivity index (χ1n) is 7.65. The largest absolute Gasteiger partial charge is 0.497 e. The molecule has 0 saturated carbocycles. The highest BCUT2D eigenvalue weighted by Gasteiger charge is 2.16. The fourth-order valence-electron chi connectivity index (χ4n) is 2.55. The van der Waals surface area contributed by atoms with Crippen molar-refractivity contribution in [1.29, 1.82) is 0 Å². The van der Waals surface area contributed by atoms with Crippen molar-refractivity contribution in [3.8, 4) is 11.5 Å². The van der Waals surface area contributed by atoms with E-state index in [-0.39, 0.29) is 5.82 Å². The van der Waals surface area contributed by atoms with E-state index in [1.807, 2.05) is 59.5 Å². The molecule has 0 aromatic heterocycles. The number of methoxy groups -OCH3 is 2. The smallest absolute Gasteiger partial charge is 0.148 e. The zero-order valence-electron chi connectivity index (χ0n) is 13.9. The molecule has 0 radical (unpaired) electrons. The maximum atomic E-state index is 14.6. The summed E-state index contributed by atoms with van der Waals surface area (Å²) in [4.78, 5) is 1.85. The molecular formula is C20H17BrFNO2. The Morgan fingerprint density at radius 3 is 1.64 bits per heavy atom. The molecule has 0 N–H and O–H groups in total. The Hall–Kier alpha value is -2.53. The summed E-state index contributed by atoms with van der Waals surface area (Å²) >= 11 is 3.30. The predicted octanol–water partition coefficient (Wildman–Crippen LogP) is 6.08. The molecule has 0 aliphatic heterocycles. The topological polar surface area (TPSA) is 21.7 Å². The number of hydrogen-bond acceptors (Lipinski definition) is 3. The summed E-state index contributed by atoms with van der Waals surface area (Å²) in [6, 6.07) is 20.0. The van der Waals surface area contributed by atoms with E-state index in [1.54, 1.807) is 20.3 Å². The van der Waals surface area contributed by atoms with Crippen LogP contribution in [0.15, 0.2) is 71.2 Å². The van der Waals surface area contributed by atoms with E-state index >= 15 is 0 Å². The first-order valence-corrected chi connectivity index (χ1v) is 8.45. The van der Waals surface area contributed by atoms with Gasteiger partial charge in [0.15, 0.2) is 0 Å². The maximum Gasteiger partial charge on any atom is 0.148 e. The number of halogens is 2. The van der Waals surface area contributed by atoms with Crippen molar-refractivity contribution in [2.75, 3.05) is 19.1 Å². The van der Waals surface area contributed by atoms with Crippen LogP contribution in [0.4, 0.5) is 21.5 Å².